The number of hydrazone groups is 1. The van der Waals surface area contributed by atoms with Crippen LogP contribution in [0.5, 0.6) is 0 Å². The molecule has 3 nitrogen and oxygen atoms in total. The summed E-state index contributed by atoms with van der Waals surface area (Å²) in [5.41, 5.74) is 8.60. The molecule has 0 atom stereocenters. The maximum Gasteiger partial charge on any atom is 0.271 e. The molecule has 0 fully saturated rings. The molecule has 3 heteroatoms. The summed E-state index contributed by atoms with van der Waals surface area (Å²) in [6.45, 7) is 8.02. The fourth-order valence-electron chi connectivity index (χ4n) is 1.94. The topological polar surface area (TPSA) is 41.5 Å². The zero-order valence-electron chi connectivity index (χ0n) is 12.9. The number of hydrogen-bond donors (Lipinski definition) is 1. The van der Waals surface area contributed by atoms with Crippen LogP contribution in [0.2, 0.25) is 0 Å². The lowest BCUT2D eigenvalue weighted by Gasteiger charge is -2.06. The predicted molar refractivity (Wildman–Crippen MR) is 86.8 cm³/mol. The molecule has 0 saturated carbocycles. The Kier molecular flexibility index (Phi) is 4.53. The van der Waals surface area contributed by atoms with Crippen LogP contribution in [0.4, 0.5) is 0 Å². The van der Waals surface area contributed by atoms with Crippen molar-refractivity contribution in [1.29, 1.82) is 0 Å². The monoisotopic (exact) mass is 280 g/mol. The van der Waals surface area contributed by atoms with E-state index >= 15 is 0 Å². The van der Waals surface area contributed by atoms with Crippen LogP contribution in [0.15, 0.2) is 47.6 Å². The van der Waals surface area contributed by atoms with E-state index in [1.54, 1.807) is 12.1 Å². The third-order valence-electron chi connectivity index (χ3n) is 3.56. The van der Waals surface area contributed by atoms with Crippen molar-refractivity contribution in [3.8, 4) is 0 Å². The van der Waals surface area contributed by atoms with Gasteiger partial charge in [0.1, 0.15) is 0 Å². The minimum Gasteiger partial charge on any atom is -0.267 e. The average Bonchev–Trinajstić information content (AvgIpc) is 2.48. The van der Waals surface area contributed by atoms with Gasteiger partial charge in [-0.2, -0.15) is 5.10 Å². The van der Waals surface area contributed by atoms with Crippen LogP contribution in [0.25, 0.3) is 0 Å². The molecule has 1 N–H and O–H groups in total. The van der Waals surface area contributed by atoms with Gasteiger partial charge in [-0.05, 0) is 62.6 Å². The van der Waals surface area contributed by atoms with E-state index in [9.17, 15) is 4.79 Å². The van der Waals surface area contributed by atoms with Crippen molar-refractivity contribution >= 4 is 11.6 Å². The largest absolute Gasteiger partial charge is 0.271 e. The van der Waals surface area contributed by atoms with Crippen molar-refractivity contribution in [3.63, 3.8) is 0 Å². The molecule has 0 saturated heterocycles. The lowest BCUT2D eigenvalue weighted by molar-refractivity contribution is 0.0955. The van der Waals surface area contributed by atoms with Gasteiger partial charge in [0, 0.05) is 5.56 Å². The number of carbonyl (C=O) groups is 1. The van der Waals surface area contributed by atoms with Gasteiger partial charge in [-0.25, -0.2) is 5.43 Å². The zero-order valence-corrected chi connectivity index (χ0v) is 12.9. The van der Waals surface area contributed by atoms with Crippen molar-refractivity contribution in [2.75, 3.05) is 0 Å². The first-order chi connectivity index (χ1) is 9.97. The van der Waals surface area contributed by atoms with E-state index < -0.39 is 0 Å². The molecule has 21 heavy (non-hydrogen) atoms. The van der Waals surface area contributed by atoms with E-state index in [-0.39, 0.29) is 5.91 Å². The molecule has 2 aromatic carbocycles. The van der Waals surface area contributed by atoms with E-state index in [1.165, 1.54) is 11.1 Å². The van der Waals surface area contributed by atoms with Crippen molar-refractivity contribution in [3.05, 3.63) is 70.3 Å². The minimum absolute atomic E-state index is 0.196. The van der Waals surface area contributed by atoms with Gasteiger partial charge in [-0.3, -0.25) is 4.79 Å². The van der Waals surface area contributed by atoms with E-state index in [0.29, 0.717) is 5.56 Å². The summed E-state index contributed by atoms with van der Waals surface area (Å²) >= 11 is 0. The highest BCUT2D eigenvalue weighted by atomic mass is 16.2. The Morgan fingerprint density at radius 2 is 1.52 bits per heavy atom. The Labute approximate surface area is 125 Å². The van der Waals surface area contributed by atoms with Crippen LogP contribution in [0, 0.1) is 20.8 Å². The van der Waals surface area contributed by atoms with Crippen LogP contribution >= 0.6 is 0 Å². The maximum absolute atomic E-state index is 12.0. The first-order valence-corrected chi connectivity index (χ1v) is 6.96. The molecule has 0 aliphatic heterocycles. The quantitative estimate of drug-likeness (QED) is 0.675. The van der Waals surface area contributed by atoms with Gasteiger partial charge in [0.15, 0.2) is 0 Å². The second-order valence-corrected chi connectivity index (χ2v) is 5.30. The van der Waals surface area contributed by atoms with Crippen molar-refractivity contribution < 1.29 is 4.79 Å². The molecular weight excluding hydrogens is 260 g/mol. The average molecular weight is 280 g/mol. The molecule has 0 heterocycles. The molecule has 0 aromatic heterocycles. The molecule has 0 spiro atoms. The zero-order chi connectivity index (χ0) is 15.4. The van der Waals surface area contributed by atoms with Crippen LogP contribution in [0.1, 0.15) is 39.5 Å². The van der Waals surface area contributed by atoms with Gasteiger partial charge in [0.2, 0.25) is 0 Å². The molecule has 108 valence electrons. The summed E-state index contributed by atoms with van der Waals surface area (Å²) in [4.78, 5) is 12.0. The van der Waals surface area contributed by atoms with Crippen LogP contribution in [-0.2, 0) is 0 Å². The van der Waals surface area contributed by atoms with Gasteiger partial charge in [-0.15, -0.1) is 0 Å². The summed E-state index contributed by atoms with van der Waals surface area (Å²) in [7, 11) is 0. The molecule has 2 aromatic rings. The van der Waals surface area contributed by atoms with Gasteiger partial charge in [-0.1, -0.05) is 29.8 Å². The highest BCUT2D eigenvalue weighted by Crippen LogP contribution is 2.10. The second kappa shape index (κ2) is 6.35. The molecule has 0 bridgehead atoms. The van der Waals surface area contributed by atoms with E-state index in [1.807, 2.05) is 32.0 Å². The first-order valence-electron chi connectivity index (χ1n) is 6.96. The number of nitrogens with zero attached hydrogens (tertiary/aromatic N) is 1. The van der Waals surface area contributed by atoms with Crippen LogP contribution < -0.4 is 5.43 Å². The Balaban J connectivity index is 2.10. The van der Waals surface area contributed by atoms with Gasteiger partial charge in [0.25, 0.3) is 5.91 Å². The lowest BCUT2D eigenvalue weighted by Crippen LogP contribution is -2.19. The number of nitrogens with one attached hydrogen (secondary N) is 1. The Morgan fingerprint density at radius 3 is 2.14 bits per heavy atom. The molecule has 0 radical (unpaired) electrons. The van der Waals surface area contributed by atoms with Crippen molar-refractivity contribution in [2.45, 2.75) is 27.7 Å². The van der Waals surface area contributed by atoms with E-state index in [4.69, 9.17) is 0 Å². The summed E-state index contributed by atoms with van der Waals surface area (Å²) in [5, 5.41) is 4.18. The van der Waals surface area contributed by atoms with Crippen LogP contribution in [0.3, 0.4) is 0 Å². The number of rotatable bonds is 3. The van der Waals surface area contributed by atoms with E-state index in [2.05, 4.69) is 36.5 Å². The highest BCUT2D eigenvalue weighted by Gasteiger charge is 2.05. The first kappa shape index (κ1) is 15.0. The third-order valence-corrected chi connectivity index (χ3v) is 3.56. The highest BCUT2D eigenvalue weighted by molar-refractivity contribution is 6.01. The van der Waals surface area contributed by atoms with Crippen molar-refractivity contribution in [2.24, 2.45) is 5.10 Å². The normalized spacial score (nSPS) is 11.3. The van der Waals surface area contributed by atoms with Gasteiger partial charge >= 0.3 is 0 Å². The number of benzene rings is 2. The fraction of sp³-hybridized carbons (Fsp3) is 0.222. The summed E-state index contributed by atoms with van der Waals surface area (Å²) in [5.74, 6) is -0.196. The number of carbonyl (C=O) groups excluding carboxylic acids is 1. The molecule has 2 rings (SSSR count). The number of aryl methyl sites for hydroxylation is 3. The summed E-state index contributed by atoms with van der Waals surface area (Å²) < 4.78 is 0. The summed E-state index contributed by atoms with van der Waals surface area (Å²) in [6, 6.07) is 13.6. The molecule has 1 amide bonds. The third kappa shape index (κ3) is 3.78. The summed E-state index contributed by atoms with van der Waals surface area (Å²) in [6.07, 6.45) is 0. The van der Waals surface area contributed by atoms with E-state index in [0.717, 1.165) is 16.8 Å². The van der Waals surface area contributed by atoms with Gasteiger partial charge < -0.3 is 0 Å². The fourth-order valence-corrected chi connectivity index (χ4v) is 1.94. The van der Waals surface area contributed by atoms with Crippen molar-refractivity contribution in [1.82, 2.24) is 5.43 Å². The Morgan fingerprint density at radius 1 is 0.905 bits per heavy atom. The smallest absolute Gasteiger partial charge is 0.267 e. The SMILES string of the molecule is C/C(=N\NC(=O)c1ccc(C)cc1)c1ccc(C)c(C)c1. The minimum atomic E-state index is -0.196. The molecule has 0 unspecified atom stereocenters. The molecule has 0 aliphatic carbocycles. The van der Waals surface area contributed by atoms with Crippen LogP contribution in [-0.4, -0.2) is 11.6 Å². The Bertz CT molecular complexity index is 685. The predicted octanol–water partition coefficient (Wildman–Crippen LogP) is 3.77. The standard InChI is InChI=1S/C18H20N2O/c1-12-5-8-16(9-6-12)18(21)20-19-15(4)17-10-7-13(2)14(3)11-17/h5-11H,1-4H3,(H,20,21)/b19-15+. The number of amides is 1. The Hall–Kier alpha value is -2.42. The van der Waals surface area contributed by atoms with Gasteiger partial charge in [0.05, 0.1) is 5.71 Å². The molecule has 0 aliphatic rings. The molecular formula is C18H20N2O. The number of hydrogen-bond acceptors (Lipinski definition) is 2. The maximum atomic E-state index is 12.0. The second-order valence-electron chi connectivity index (χ2n) is 5.30. The lowest BCUT2D eigenvalue weighted by atomic mass is 10.0.